The highest BCUT2D eigenvalue weighted by Gasteiger charge is 2.94. The molecular formula is C20H27NO4. The number of fused-ring (bicyclic) bond motifs is 1. The summed E-state index contributed by atoms with van der Waals surface area (Å²) in [6.45, 7) is 7.13. The van der Waals surface area contributed by atoms with Gasteiger partial charge in [-0.1, -0.05) is 13.5 Å². The fourth-order valence-corrected chi connectivity index (χ4v) is 10.4. The van der Waals surface area contributed by atoms with Crippen LogP contribution in [-0.4, -0.2) is 67.9 Å². The van der Waals surface area contributed by atoms with Crippen LogP contribution in [0.1, 0.15) is 32.6 Å². The maximum absolute atomic E-state index is 12.3. The Morgan fingerprint density at radius 2 is 1.88 bits per heavy atom. The monoisotopic (exact) mass is 345 g/mol. The Labute approximate surface area is 147 Å². The van der Waals surface area contributed by atoms with Gasteiger partial charge in [-0.2, -0.15) is 0 Å². The zero-order valence-electron chi connectivity index (χ0n) is 14.6. The van der Waals surface area contributed by atoms with Crippen molar-refractivity contribution < 1.29 is 20.4 Å². The molecule has 13 atom stereocenters. The Balaban J connectivity index is 1.55. The summed E-state index contributed by atoms with van der Waals surface area (Å²) in [5, 5.41) is 45.1. The fourth-order valence-electron chi connectivity index (χ4n) is 10.4. The standard InChI is InChI=1S/C20H27NO4/c1-8-9-3-10-14-19-6-12(22)16(24)17(2)7-21(14)11(13(17)19)5-18(10,15(8)23)20(19,25)4-9/h9-16,22-25H,1,3-7H2,2H3/t9?,10?,11?,12-,13?,14?,15-,16-,17+,18?,19?,20+/m1/s1. The molecule has 0 aromatic heterocycles. The van der Waals surface area contributed by atoms with Gasteiger partial charge in [0.25, 0.3) is 0 Å². The molecular weight excluding hydrogens is 318 g/mol. The number of nitrogens with zero attached hydrogens (tertiary/aromatic N) is 1. The van der Waals surface area contributed by atoms with Crippen LogP contribution in [0.2, 0.25) is 0 Å². The van der Waals surface area contributed by atoms with Gasteiger partial charge in [-0.05, 0) is 49.0 Å². The van der Waals surface area contributed by atoms with Gasteiger partial charge in [0, 0.05) is 34.9 Å². The van der Waals surface area contributed by atoms with Crippen molar-refractivity contribution in [3.05, 3.63) is 12.2 Å². The molecule has 5 nitrogen and oxygen atoms in total. The van der Waals surface area contributed by atoms with Crippen LogP contribution in [0.5, 0.6) is 0 Å². The first-order chi connectivity index (χ1) is 11.7. The van der Waals surface area contributed by atoms with Gasteiger partial charge in [0.1, 0.15) is 0 Å². The van der Waals surface area contributed by atoms with Crippen molar-refractivity contribution in [1.82, 2.24) is 4.90 Å². The van der Waals surface area contributed by atoms with Crippen LogP contribution in [0, 0.1) is 34.0 Å². The molecule has 25 heavy (non-hydrogen) atoms. The summed E-state index contributed by atoms with van der Waals surface area (Å²) >= 11 is 0. The van der Waals surface area contributed by atoms with Crippen LogP contribution in [0.4, 0.5) is 0 Å². The minimum atomic E-state index is -0.933. The molecule has 3 aliphatic heterocycles. The van der Waals surface area contributed by atoms with Crippen molar-refractivity contribution >= 4 is 0 Å². The van der Waals surface area contributed by atoms with E-state index in [4.69, 9.17) is 0 Å². The summed E-state index contributed by atoms with van der Waals surface area (Å²) in [5.41, 5.74) is -1.20. The van der Waals surface area contributed by atoms with E-state index in [1.54, 1.807) is 0 Å². The Bertz CT molecular complexity index is 756. The summed E-state index contributed by atoms with van der Waals surface area (Å²) < 4.78 is 0. The number of hydrogen-bond donors (Lipinski definition) is 4. The van der Waals surface area contributed by atoms with Gasteiger partial charge in [-0.25, -0.2) is 0 Å². The topological polar surface area (TPSA) is 84.2 Å². The first-order valence-corrected chi connectivity index (χ1v) is 9.95. The first-order valence-electron chi connectivity index (χ1n) is 9.95. The maximum atomic E-state index is 12.3. The van der Waals surface area contributed by atoms with Gasteiger partial charge in [0.05, 0.1) is 23.9 Å². The number of piperidine rings is 2. The largest absolute Gasteiger partial charge is 0.390 e. The second-order valence-corrected chi connectivity index (χ2v) is 10.8. The first kappa shape index (κ1) is 14.6. The fraction of sp³-hybridized carbons (Fsp3) is 0.900. The molecule has 3 saturated heterocycles. The lowest BCUT2D eigenvalue weighted by molar-refractivity contribution is -0.289. The molecule has 136 valence electrons. The van der Waals surface area contributed by atoms with Crippen LogP contribution in [0.25, 0.3) is 0 Å². The Kier molecular flexibility index (Phi) is 2.04. The highest BCUT2D eigenvalue weighted by atomic mass is 16.3. The number of rotatable bonds is 0. The summed E-state index contributed by atoms with van der Waals surface area (Å²) in [6, 6.07) is 0.579. The van der Waals surface area contributed by atoms with Crippen molar-refractivity contribution in [3.63, 3.8) is 0 Å². The minimum absolute atomic E-state index is 0.194. The highest BCUT2D eigenvalue weighted by Crippen LogP contribution is 2.88. The molecule has 6 aliphatic carbocycles. The normalized spacial score (nSPS) is 76.5. The van der Waals surface area contributed by atoms with Crippen molar-refractivity contribution in [2.24, 2.45) is 34.0 Å². The Hall–Kier alpha value is -0.460. The van der Waals surface area contributed by atoms with Crippen molar-refractivity contribution in [1.29, 1.82) is 0 Å². The Morgan fingerprint density at radius 3 is 2.64 bits per heavy atom. The quantitative estimate of drug-likeness (QED) is 0.460. The van der Waals surface area contributed by atoms with E-state index in [2.05, 4.69) is 18.4 Å². The third kappa shape index (κ3) is 0.981. The molecule has 3 heterocycles. The average Bonchev–Trinajstić information content (AvgIpc) is 2.97. The molecule has 0 aromatic carbocycles. The van der Waals surface area contributed by atoms with E-state index >= 15 is 0 Å². The van der Waals surface area contributed by atoms with Crippen LogP contribution in [0.15, 0.2) is 12.2 Å². The molecule has 0 amide bonds. The van der Waals surface area contributed by atoms with Crippen molar-refractivity contribution in [2.75, 3.05) is 6.54 Å². The van der Waals surface area contributed by atoms with Gasteiger partial charge in [-0.3, -0.25) is 4.90 Å². The van der Waals surface area contributed by atoms with E-state index in [0.717, 1.165) is 25.0 Å². The van der Waals surface area contributed by atoms with Gasteiger partial charge in [0.15, 0.2) is 0 Å². The van der Waals surface area contributed by atoms with Crippen LogP contribution >= 0.6 is 0 Å². The molecule has 2 spiro atoms. The molecule has 9 aliphatic rings. The smallest absolute Gasteiger partial charge is 0.0868 e. The lowest BCUT2D eigenvalue weighted by Gasteiger charge is -2.69. The molecule has 0 aromatic rings. The van der Waals surface area contributed by atoms with Gasteiger partial charge < -0.3 is 20.4 Å². The van der Waals surface area contributed by atoms with Gasteiger partial charge in [0.2, 0.25) is 0 Å². The summed E-state index contributed by atoms with van der Waals surface area (Å²) in [5.74, 6) is 0.716. The van der Waals surface area contributed by atoms with E-state index < -0.39 is 29.3 Å². The van der Waals surface area contributed by atoms with Gasteiger partial charge in [-0.15, -0.1) is 0 Å². The molecule has 9 rings (SSSR count). The lowest BCUT2D eigenvalue weighted by Crippen LogP contribution is -2.75. The summed E-state index contributed by atoms with van der Waals surface area (Å²) in [7, 11) is 0. The van der Waals surface area contributed by atoms with Crippen LogP contribution < -0.4 is 0 Å². The van der Waals surface area contributed by atoms with Crippen molar-refractivity contribution in [3.8, 4) is 0 Å². The zero-order chi connectivity index (χ0) is 17.3. The van der Waals surface area contributed by atoms with Gasteiger partial charge >= 0.3 is 0 Å². The molecule has 9 fully saturated rings. The third-order valence-corrected chi connectivity index (χ3v) is 10.6. The predicted octanol–water partition coefficient (Wildman–Crippen LogP) is -0.121. The van der Waals surface area contributed by atoms with E-state index in [9.17, 15) is 20.4 Å². The second kappa shape index (κ2) is 3.49. The summed E-state index contributed by atoms with van der Waals surface area (Å²) in [6.07, 6.45) is 0.904. The molecule has 0 radical (unpaired) electrons. The summed E-state index contributed by atoms with van der Waals surface area (Å²) in [4.78, 5) is 2.57. The average molecular weight is 345 g/mol. The molecule has 6 saturated carbocycles. The molecule has 5 heteroatoms. The van der Waals surface area contributed by atoms with E-state index in [0.29, 0.717) is 24.8 Å². The number of hydrogen-bond acceptors (Lipinski definition) is 5. The predicted molar refractivity (Wildman–Crippen MR) is 88.3 cm³/mol. The molecule has 9 bridgehead atoms. The molecule has 8 unspecified atom stereocenters. The van der Waals surface area contributed by atoms with E-state index in [1.807, 2.05) is 0 Å². The van der Waals surface area contributed by atoms with Crippen LogP contribution in [0.3, 0.4) is 0 Å². The Morgan fingerprint density at radius 1 is 1.12 bits per heavy atom. The van der Waals surface area contributed by atoms with Crippen molar-refractivity contribution in [2.45, 2.75) is 68.6 Å². The highest BCUT2D eigenvalue weighted by molar-refractivity contribution is 5.47. The number of aliphatic hydroxyl groups is 4. The minimum Gasteiger partial charge on any atom is -0.390 e. The van der Waals surface area contributed by atoms with E-state index in [1.165, 1.54) is 0 Å². The maximum Gasteiger partial charge on any atom is 0.0868 e. The SMILES string of the molecule is C=C1C2CC3C4N5C[C@@]6(C)C7C5CC3([C@@H]1O)[C@@](O)(C2)C47C[C@@H](O)[C@H]6O. The van der Waals surface area contributed by atoms with E-state index in [-0.39, 0.29) is 28.7 Å². The zero-order valence-corrected chi connectivity index (χ0v) is 14.6. The number of aliphatic hydroxyl groups excluding tert-OH is 3. The van der Waals surface area contributed by atoms with Crippen LogP contribution in [-0.2, 0) is 0 Å². The lowest BCUT2D eigenvalue weighted by atomic mass is 9.37. The third-order valence-electron chi connectivity index (χ3n) is 10.6. The molecule has 4 N–H and O–H groups in total. The second-order valence-electron chi connectivity index (χ2n) is 10.8.